The molecule has 0 bridgehead atoms. The Labute approximate surface area is 76.9 Å². The van der Waals surface area contributed by atoms with Crippen molar-refractivity contribution < 1.29 is 9.66 Å². The summed E-state index contributed by atoms with van der Waals surface area (Å²) in [4.78, 5) is 2.24. The summed E-state index contributed by atoms with van der Waals surface area (Å²) < 4.78 is 11.0. The molecule has 0 spiro atoms. The second-order valence-electron chi connectivity index (χ2n) is 3.13. The van der Waals surface area contributed by atoms with Crippen LogP contribution in [0, 0.1) is 0 Å². The number of rotatable bonds is 3. The number of aliphatic hydroxyl groups is 1. The minimum atomic E-state index is -0.605. The normalized spacial score (nSPS) is 24.2. The molecule has 0 radical (unpaired) electrons. The summed E-state index contributed by atoms with van der Waals surface area (Å²) in [6.45, 7) is 4.06. The van der Waals surface area contributed by atoms with E-state index in [-0.39, 0.29) is 12.6 Å². The van der Waals surface area contributed by atoms with Gasteiger partial charge in [-0.3, -0.25) is 4.90 Å². The Morgan fingerprint density at radius 3 is 2.50 bits per heavy atom. The maximum absolute atomic E-state index is 11.0. The van der Waals surface area contributed by atoms with Gasteiger partial charge >= 0.3 is 0 Å². The minimum Gasteiger partial charge on any atom is -0.616 e. The van der Waals surface area contributed by atoms with E-state index in [2.05, 4.69) is 11.8 Å². The Morgan fingerprint density at radius 2 is 2.08 bits per heavy atom. The zero-order valence-corrected chi connectivity index (χ0v) is 8.35. The van der Waals surface area contributed by atoms with Gasteiger partial charge in [-0.05, 0) is 6.42 Å². The van der Waals surface area contributed by atoms with E-state index in [0.717, 1.165) is 31.0 Å². The fourth-order valence-electron chi connectivity index (χ4n) is 1.52. The van der Waals surface area contributed by atoms with Crippen molar-refractivity contribution in [2.75, 3.05) is 31.2 Å². The maximum Gasteiger partial charge on any atom is 0.118 e. The van der Waals surface area contributed by atoms with E-state index in [1.54, 1.807) is 0 Å². The van der Waals surface area contributed by atoms with E-state index in [0.29, 0.717) is 0 Å². The molecule has 0 saturated carbocycles. The highest BCUT2D eigenvalue weighted by molar-refractivity contribution is 7.91. The van der Waals surface area contributed by atoms with Crippen LogP contribution in [0.15, 0.2) is 0 Å². The van der Waals surface area contributed by atoms with Gasteiger partial charge in [0.2, 0.25) is 0 Å². The third-order valence-corrected chi connectivity index (χ3v) is 3.69. The molecule has 4 heteroatoms. The molecule has 1 fully saturated rings. The largest absolute Gasteiger partial charge is 0.616 e. The van der Waals surface area contributed by atoms with E-state index in [1.165, 1.54) is 0 Å². The third kappa shape index (κ3) is 2.62. The summed E-state index contributed by atoms with van der Waals surface area (Å²) in [5.74, 6) is 1.55. The molecule has 1 aliphatic rings. The number of aliphatic hydroxyl groups excluding tert-OH is 1. The zero-order chi connectivity index (χ0) is 8.97. The maximum atomic E-state index is 11.0. The summed E-state index contributed by atoms with van der Waals surface area (Å²) in [6.07, 6.45) is 0.975. The van der Waals surface area contributed by atoms with Gasteiger partial charge in [0.25, 0.3) is 0 Å². The van der Waals surface area contributed by atoms with Crippen molar-refractivity contribution in [3.05, 3.63) is 0 Å². The Balaban J connectivity index is 2.32. The van der Waals surface area contributed by atoms with Crippen LogP contribution in [-0.4, -0.2) is 51.8 Å². The van der Waals surface area contributed by atoms with E-state index >= 15 is 0 Å². The van der Waals surface area contributed by atoms with Crippen molar-refractivity contribution in [3.63, 3.8) is 0 Å². The van der Waals surface area contributed by atoms with Crippen LogP contribution in [0.2, 0.25) is 0 Å². The first-order valence-electron chi connectivity index (χ1n) is 4.47. The SMILES string of the molecule is CCC(CO)N1CC[S+]([O-])CC1. The van der Waals surface area contributed by atoms with Crippen LogP contribution in [0.25, 0.3) is 0 Å². The molecule has 1 unspecified atom stereocenters. The zero-order valence-electron chi connectivity index (χ0n) is 7.53. The van der Waals surface area contributed by atoms with Crippen molar-refractivity contribution in [2.24, 2.45) is 0 Å². The summed E-state index contributed by atoms with van der Waals surface area (Å²) in [5, 5.41) is 9.03. The lowest BCUT2D eigenvalue weighted by molar-refractivity contribution is 0.128. The fraction of sp³-hybridized carbons (Fsp3) is 1.00. The molecule has 0 aromatic carbocycles. The highest BCUT2D eigenvalue weighted by Crippen LogP contribution is 2.09. The van der Waals surface area contributed by atoms with Gasteiger partial charge in [0.15, 0.2) is 0 Å². The molecule has 72 valence electrons. The molecule has 1 heterocycles. The average Bonchev–Trinajstić information content (AvgIpc) is 2.10. The van der Waals surface area contributed by atoms with E-state index < -0.39 is 11.2 Å². The molecule has 0 aromatic rings. The lowest BCUT2D eigenvalue weighted by Crippen LogP contribution is -2.47. The lowest BCUT2D eigenvalue weighted by atomic mass is 10.2. The van der Waals surface area contributed by atoms with Gasteiger partial charge in [-0.15, -0.1) is 0 Å². The highest BCUT2D eigenvalue weighted by atomic mass is 32.2. The number of hydrogen-bond donors (Lipinski definition) is 1. The predicted octanol–water partition coefficient (Wildman–Crippen LogP) is -0.178. The highest BCUT2D eigenvalue weighted by Gasteiger charge is 2.23. The summed E-state index contributed by atoms with van der Waals surface area (Å²) in [6, 6.07) is 0.280. The van der Waals surface area contributed by atoms with E-state index in [9.17, 15) is 4.55 Å². The summed E-state index contributed by atoms with van der Waals surface area (Å²) in [7, 11) is 0. The van der Waals surface area contributed by atoms with Gasteiger partial charge in [-0.1, -0.05) is 18.1 Å². The molecular formula is C8H17NO2S. The number of nitrogens with zero attached hydrogens (tertiary/aromatic N) is 1. The molecule has 0 aliphatic carbocycles. The summed E-state index contributed by atoms with van der Waals surface area (Å²) >= 11 is -0.605. The molecule has 0 amide bonds. The van der Waals surface area contributed by atoms with Crippen LogP contribution < -0.4 is 0 Å². The fourth-order valence-corrected chi connectivity index (χ4v) is 2.60. The number of hydrogen-bond acceptors (Lipinski definition) is 3. The first-order chi connectivity index (χ1) is 5.77. The standard InChI is InChI=1S/C8H17NO2S/c1-2-8(7-10)9-3-5-12(11)6-4-9/h8,10H,2-7H2,1H3. The van der Waals surface area contributed by atoms with Gasteiger partial charge in [0, 0.05) is 19.1 Å². The van der Waals surface area contributed by atoms with Crippen LogP contribution in [0.3, 0.4) is 0 Å². The van der Waals surface area contributed by atoms with Gasteiger partial charge in [0.05, 0.1) is 6.61 Å². The Hall–Kier alpha value is 0.230. The van der Waals surface area contributed by atoms with Crippen molar-refractivity contribution >= 4 is 11.2 Å². The van der Waals surface area contributed by atoms with Crippen LogP contribution >= 0.6 is 0 Å². The first kappa shape index (κ1) is 10.3. The summed E-state index contributed by atoms with van der Waals surface area (Å²) in [5.41, 5.74) is 0. The van der Waals surface area contributed by atoms with Crippen LogP contribution in [0.4, 0.5) is 0 Å². The van der Waals surface area contributed by atoms with Crippen molar-refractivity contribution in [1.82, 2.24) is 4.90 Å². The van der Waals surface area contributed by atoms with Gasteiger partial charge in [-0.2, -0.15) is 0 Å². The third-order valence-electron chi connectivity index (χ3n) is 2.41. The van der Waals surface area contributed by atoms with Crippen LogP contribution in [0.5, 0.6) is 0 Å². The second-order valence-corrected chi connectivity index (χ2v) is 4.82. The lowest BCUT2D eigenvalue weighted by Gasteiger charge is -2.33. The predicted molar refractivity (Wildman–Crippen MR) is 50.6 cm³/mol. The topological polar surface area (TPSA) is 46.5 Å². The van der Waals surface area contributed by atoms with E-state index in [4.69, 9.17) is 5.11 Å². The molecule has 1 rings (SSSR count). The molecule has 12 heavy (non-hydrogen) atoms. The Bertz CT molecular complexity index is 122. The van der Waals surface area contributed by atoms with Crippen LogP contribution in [0.1, 0.15) is 13.3 Å². The van der Waals surface area contributed by atoms with E-state index in [1.807, 2.05) is 0 Å². The Morgan fingerprint density at radius 1 is 1.50 bits per heavy atom. The average molecular weight is 191 g/mol. The molecule has 1 saturated heterocycles. The second kappa shape index (κ2) is 5.07. The minimum absolute atomic E-state index is 0.225. The van der Waals surface area contributed by atoms with Gasteiger partial charge < -0.3 is 9.66 Å². The molecule has 1 atom stereocenters. The van der Waals surface area contributed by atoms with Crippen molar-refractivity contribution in [3.8, 4) is 0 Å². The van der Waals surface area contributed by atoms with Crippen molar-refractivity contribution in [2.45, 2.75) is 19.4 Å². The molecular weight excluding hydrogens is 174 g/mol. The van der Waals surface area contributed by atoms with Crippen molar-refractivity contribution in [1.29, 1.82) is 0 Å². The van der Waals surface area contributed by atoms with Crippen LogP contribution in [-0.2, 0) is 11.2 Å². The molecule has 0 aromatic heterocycles. The monoisotopic (exact) mass is 191 g/mol. The van der Waals surface area contributed by atoms with Gasteiger partial charge in [0.1, 0.15) is 11.5 Å². The van der Waals surface area contributed by atoms with Gasteiger partial charge in [-0.25, -0.2) is 0 Å². The first-order valence-corrected chi connectivity index (χ1v) is 5.96. The Kier molecular flexibility index (Phi) is 4.35. The quantitative estimate of drug-likeness (QED) is 0.630. The molecule has 1 aliphatic heterocycles. The molecule has 1 N–H and O–H groups in total. The smallest absolute Gasteiger partial charge is 0.118 e. The molecule has 3 nitrogen and oxygen atoms in total.